The molecule has 3 rings (SSSR count). The van der Waals surface area contributed by atoms with E-state index < -0.39 is 0 Å². The standard InChI is InChI=1S/C19H29N3O3/c1-4-20-18(22-10-8-19(13-22)9-11-25-14-19)21-12-15-6-5-7-16(23-2)17(15)24-3/h5-7H,4,8-14H2,1-3H3,(H,20,21). The molecule has 1 aromatic rings. The Morgan fingerprint density at radius 2 is 2.20 bits per heavy atom. The van der Waals surface area contributed by atoms with E-state index in [9.17, 15) is 0 Å². The first-order valence-corrected chi connectivity index (χ1v) is 9.02. The fraction of sp³-hybridized carbons (Fsp3) is 0.632. The van der Waals surface area contributed by atoms with Crippen LogP contribution in [0.25, 0.3) is 0 Å². The largest absolute Gasteiger partial charge is 0.493 e. The molecule has 6 nitrogen and oxygen atoms in total. The van der Waals surface area contributed by atoms with Gasteiger partial charge in [-0.15, -0.1) is 0 Å². The zero-order valence-corrected chi connectivity index (χ0v) is 15.5. The molecule has 0 bridgehead atoms. The van der Waals surface area contributed by atoms with Gasteiger partial charge in [0.25, 0.3) is 0 Å². The number of ether oxygens (including phenoxy) is 3. The molecule has 2 aliphatic rings. The molecule has 0 amide bonds. The van der Waals surface area contributed by atoms with E-state index in [0.717, 1.165) is 62.3 Å². The van der Waals surface area contributed by atoms with Crippen molar-refractivity contribution in [3.05, 3.63) is 23.8 Å². The summed E-state index contributed by atoms with van der Waals surface area (Å²) in [5.41, 5.74) is 1.35. The summed E-state index contributed by atoms with van der Waals surface area (Å²) < 4.78 is 16.5. The van der Waals surface area contributed by atoms with Crippen LogP contribution in [0, 0.1) is 5.41 Å². The van der Waals surface area contributed by atoms with E-state index in [-0.39, 0.29) is 0 Å². The molecule has 1 unspecified atom stereocenters. The summed E-state index contributed by atoms with van der Waals surface area (Å²) >= 11 is 0. The molecule has 2 fully saturated rings. The summed E-state index contributed by atoms with van der Waals surface area (Å²) in [5, 5.41) is 3.43. The quantitative estimate of drug-likeness (QED) is 0.654. The van der Waals surface area contributed by atoms with Gasteiger partial charge in [0.15, 0.2) is 17.5 Å². The Kier molecular flexibility index (Phi) is 5.68. The number of guanidine groups is 1. The Balaban J connectivity index is 1.75. The van der Waals surface area contributed by atoms with Crippen LogP contribution in [0.3, 0.4) is 0 Å². The SMILES string of the molecule is CCNC(=NCc1cccc(OC)c1OC)N1CCC2(CCOC2)C1. The van der Waals surface area contributed by atoms with E-state index in [4.69, 9.17) is 19.2 Å². The maximum Gasteiger partial charge on any atom is 0.194 e. The third-order valence-corrected chi connectivity index (χ3v) is 5.14. The highest BCUT2D eigenvalue weighted by Gasteiger charge is 2.42. The van der Waals surface area contributed by atoms with Gasteiger partial charge in [-0.3, -0.25) is 0 Å². The minimum Gasteiger partial charge on any atom is -0.493 e. The zero-order valence-electron chi connectivity index (χ0n) is 15.5. The Hall–Kier alpha value is -1.95. The van der Waals surface area contributed by atoms with E-state index in [0.29, 0.717) is 12.0 Å². The summed E-state index contributed by atoms with van der Waals surface area (Å²) in [6.45, 7) is 7.34. The van der Waals surface area contributed by atoms with Crippen molar-refractivity contribution in [1.82, 2.24) is 10.2 Å². The zero-order chi connectivity index (χ0) is 17.7. The smallest absolute Gasteiger partial charge is 0.194 e. The summed E-state index contributed by atoms with van der Waals surface area (Å²) in [7, 11) is 3.32. The average molecular weight is 347 g/mol. The first-order chi connectivity index (χ1) is 12.2. The van der Waals surface area contributed by atoms with Crippen LogP contribution in [0.1, 0.15) is 25.3 Å². The highest BCUT2D eigenvalue weighted by atomic mass is 16.5. The van der Waals surface area contributed by atoms with E-state index in [1.807, 2.05) is 18.2 Å². The van der Waals surface area contributed by atoms with Crippen molar-refractivity contribution in [3.8, 4) is 11.5 Å². The first-order valence-electron chi connectivity index (χ1n) is 9.02. The molecule has 0 saturated carbocycles. The van der Waals surface area contributed by atoms with Crippen LogP contribution >= 0.6 is 0 Å². The van der Waals surface area contributed by atoms with Gasteiger partial charge in [0.1, 0.15) is 0 Å². The van der Waals surface area contributed by atoms with Crippen molar-refractivity contribution < 1.29 is 14.2 Å². The monoisotopic (exact) mass is 347 g/mol. The molecule has 25 heavy (non-hydrogen) atoms. The average Bonchev–Trinajstić information content (AvgIpc) is 3.28. The molecule has 2 aliphatic heterocycles. The van der Waals surface area contributed by atoms with Gasteiger partial charge in [-0.25, -0.2) is 4.99 Å². The van der Waals surface area contributed by atoms with E-state index in [1.54, 1.807) is 14.2 Å². The Bertz CT molecular complexity index is 612. The third-order valence-electron chi connectivity index (χ3n) is 5.14. The fourth-order valence-electron chi connectivity index (χ4n) is 3.75. The molecule has 138 valence electrons. The Morgan fingerprint density at radius 1 is 1.32 bits per heavy atom. The number of benzene rings is 1. The van der Waals surface area contributed by atoms with Gasteiger partial charge in [0.2, 0.25) is 0 Å². The van der Waals surface area contributed by atoms with Crippen molar-refractivity contribution in [2.45, 2.75) is 26.3 Å². The molecule has 0 aromatic heterocycles. The van der Waals surface area contributed by atoms with Gasteiger partial charge in [-0.2, -0.15) is 0 Å². The molecule has 0 radical (unpaired) electrons. The molecular formula is C19H29N3O3. The van der Waals surface area contributed by atoms with Crippen molar-refractivity contribution in [2.24, 2.45) is 10.4 Å². The molecule has 0 aliphatic carbocycles. The summed E-state index contributed by atoms with van der Waals surface area (Å²) in [4.78, 5) is 7.23. The number of rotatable bonds is 5. The maximum atomic E-state index is 5.64. The van der Waals surface area contributed by atoms with E-state index in [1.165, 1.54) is 6.42 Å². The summed E-state index contributed by atoms with van der Waals surface area (Å²) in [6.07, 6.45) is 2.34. The topological polar surface area (TPSA) is 55.3 Å². The summed E-state index contributed by atoms with van der Waals surface area (Å²) in [5.74, 6) is 2.46. The van der Waals surface area contributed by atoms with Crippen LogP contribution in [0.2, 0.25) is 0 Å². The number of nitrogens with zero attached hydrogens (tertiary/aromatic N) is 2. The Morgan fingerprint density at radius 3 is 2.88 bits per heavy atom. The van der Waals surface area contributed by atoms with Crippen LogP contribution < -0.4 is 14.8 Å². The highest BCUT2D eigenvalue weighted by molar-refractivity contribution is 5.80. The van der Waals surface area contributed by atoms with Gasteiger partial charge in [-0.05, 0) is 25.8 Å². The highest BCUT2D eigenvalue weighted by Crippen LogP contribution is 2.38. The van der Waals surface area contributed by atoms with Crippen LogP contribution in [0.4, 0.5) is 0 Å². The van der Waals surface area contributed by atoms with Gasteiger partial charge >= 0.3 is 0 Å². The number of aliphatic imine (C=N–C) groups is 1. The Labute approximate surface area is 150 Å². The number of para-hydroxylation sites is 1. The number of hydrogen-bond donors (Lipinski definition) is 1. The van der Waals surface area contributed by atoms with E-state index in [2.05, 4.69) is 17.1 Å². The molecule has 6 heteroatoms. The summed E-state index contributed by atoms with van der Waals surface area (Å²) in [6, 6.07) is 5.91. The number of hydrogen-bond acceptors (Lipinski definition) is 4. The lowest BCUT2D eigenvalue weighted by Crippen LogP contribution is -2.41. The minimum atomic E-state index is 0.323. The van der Waals surface area contributed by atoms with Gasteiger partial charge in [0.05, 0.1) is 27.4 Å². The maximum absolute atomic E-state index is 5.64. The number of likely N-dealkylation sites (tertiary alicyclic amines) is 1. The van der Waals surface area contributed by atoms with Gasteiger partial charge in [0, 0.05) is 37.2 Å². The fourth-order valence-corrected chi connectivity index (χ4v) is 3.75. The molecular weight excluding hydrogens is 318 g/mol. The molecule has 2 saturated heterocycles. The van der Waals surface area contributed by atoms with Crippen molar-refractivity contribution in [3.63, 3.8) is 0 Å². The van der Waals surface area contributed by atoms with Crippen molar-refractivity contribution in [1.29, 1.82) is 0 Å². The number of nitrogens with one attached hydrogen (secondary N) is 1. The van der Waals surface area contributed by atoms with Crippen LogP contribution in [0.15, 0.2) is 23.2 Å². The second-order valence-corrected chi connectivity index (χ2v) is 6.80. The van der Waals surface area contributed by atoms with Crippen molar-refractivity contribution >= 4 is 5.96 Å². The molecule has 1 N–H and O–H groups in total. The lowest BCUT2D eigenvalue weighted by Gasteiger charge is -2.25. The van der Waals surface area contributed by atoms with Crippen LogP contribution in [0.5, 0.6) is 11.5 Å². The molecule has 1 atom stereocenters. The van der Waals surface area contributed by atoms with Gasteiger partial charge < -0.3 is 24.4 Å². The van der Waals surface area contributed by atoms with Gasteiger partial charge in [-0.1, -0.05) is 12.1 Å². The normalized spacial score (nSPS) is 23.3. The van der Waals surface area contributed by atoms with E-state index >= 15 is 0 Å². The van der Waals surface area contributed by atoms with Crippen molar-refractivity contribution in [2.75, 3.05) is 47.1 Å². The van der Waals surface area contributed by atoms with Crippen LogP contribution in [-0.2, 0) is 11.3 Å². The molecule has 1 spiro atoms. The minimum absolute atomic E-state index is 0.323. The molecule has 2 heterocycles. The predicted molar refractivity (Wildman–Crippen MR) is 98.4 cm³/mol. The third kappa shape index (κ3) is 3.84. The van der Waals surface area contributed by atoms with Crippen LogP contribution in [-0.4, -0.2) is 57.9 Å². The lowest BCUT2D eigenvalue weighted by atomic mass is 9.87. The lowest BCUT2D eigenvalue weighted by molar-refractivity contribution is 0.156. The first kappa shape index (κ1) is 17.9. The molecule has 1 aromatic carbocycles. The predicted octanol–water partition coefficient (Wildman–Crippen LogP) is 2.28. The second kappa shape index (κ2) is 7.95. The second-order valence-electron chi connectivity index (χ2n) is 6.80. The number of methoxy groups -OCH3 is 2.